The zero-order valence-electron chi connectivity index (χ0n) is 17.2. The molecule has 1 aromatic heterocycles. The highest BCUT2D eigenvalue weighted by atomic mass is 19.1. The van der Waals surface area contributed by atoms with Crippen LogP contribution in [-0.4, -0.2) is 42.1 Å². The van der Waals surface area contributed by atoms with Crippen LogP contribution >= 0.6 is 0 Å². The van der Waals surface area contributed by atoms with Crippen LogP contribution in [0.25, 0.3) is 0 Å². The minimum atomic E-state index is -0.178. The summed E-state index contributed by atoms with van der Waals surface area (Å²) in [6.07, 6.45) is 4.80. The van der Waals surface area contributed by atoms with E-state index in [4.69, 9.17) is 0 Å². The maximum atomic E-state index is 11.9. The molecule has 1 aliphatic heterocycles. The summed E-state index contributed by atoms with van der Waals surface area (Å²) in [5.41, 5.74) is 1.43. The Hall–Kier alpha value is -1.94. The third-order valence-corrected chi connectivity index (χ3v) is 4.92. The molecular weight excluding hydrogens is 337 g/mol. The molecule has 2 aromatic rings. The van der Waals surface area contributed by atoms with Crippen molar-refractivity contribution in [1.82, 2.24) is 9.88 Å². The number of piperazine rings is 1. The monoisotopic (exact) mass is 371 g/mol. The molecule has 3 nitrogen and oxygen atoms in total. The lowest BCUT2D eigenvalue weighted by atomic mass is 10.2. The van der Waals surface area contributed by atoms with Crippen LogP contribution in [0.2, 0.25) is 0 Å². The molecule has 1 aliphatic carbocycles. The van der Waals surface area contributed by atoms with Crippen LogP contribution in [-0.2, 0) is 0 Å². The Morgan fingerprint density at radius 3 is 1.96 bits per heavy atom. The van der Waals surface area contributed by atoms with Crippen molar-refractivity contribution in [2.45, 2.75) is 52.5 Å². The molecule has 4 heteroatoms. The van der Waals surface area contributed by atoms with Gasteiger partial charge in [-0.2, -0.15) is 0 Å². The van der Waals surface area contributed by atoms with Crippen LogP contribution in [0.5, 0.6) is 0 Å². The lowest BCUT2D eigenvalue weighted by molar-refractivity contribution is 0.209. The second kappa shape index (κ2) is 11.0. The zero-order chi connectivity index (χ0) is 19.6. The average molecular weight is 372 g/mol. The summed E-state index contributed by atoms with van der Waals surface area (Å²) in [6.45, 7) is 13.1. The minimum absolute atomic E-state index is 0.178. The summed E-state index contributed by atoms with van der Waals surface area (Å²) >= 11 is 0. The number of benzene rings is 1. The van der Waals surface area contributed by atoms with E-state index in [0.29, 0.717) is 6.04 Å². The molecule has 2 aliphatic rings. The number of nitrogens with zero attached hydrogens (tertiary/aromatic N) is 3. The highest BCUT2D eigenvalue weighted by Crippen LogP contribution is 2.39. The van der Waals surface area contributed by atoms with Gasteiger partial charge in [-0.05, 0) is 56.4 Å². The van der Waals surface area contributed by atoms with Gasteiger partial charge < -0.3 is 4.90 Å². The number of pyridine rings is 1. The molecule has 0 radical (unpaired) electrons. The van der Waals surface area contributed by atoms with Crippen molar-refractivity contribution in [3.05, 3.63) is 60.0 Å². The van der Waals surface area contributed by atoms with Gasteiger partial charge in [0.15, 0.2) is 0 Å². The van der Waals surface area contributed by atoms with Crippen molar-refractivity contribution < 1.29 is 4.39 Å². The Bertz CT molecular complexity index is 630. The summed E-state index contributed by atoms with van der Waals surface area (Å²) < 4.78 is 11.9. The SMILES string of the molecule is CC.CC(C)N1CCN(c2ccc(C3CC3)cn2)CC1.Fc1ccccc1. The van der Waals surface area contributed by atoms with Crippen LogP contribution in [0.3, 0.4) is 0 Å². The minimum Gasteiger partial charge on any atom is -0.354 e. The van der Waals surface area contributed by atoms with E-state index in [1.807, 2.05) is 13.8 Å². The van der Waals surface area contributed by atoms with E-state index in [-0.39, 0.29) is 5.82 Å². The number of halogens is 1. The molecule has 148 valence electrons. The highest BCUT2D eigenvalue weighted by Gasteiger charge is 2.24. The van der Waals surface area contributed by atoms with Crippen LogP contribution in [0.4, 0.5) is 10.2 Å². The van der Waals surface area contributed by atoms with Crippen molar-refractivity contribution in [1.29, 1.82) is 0 Å². The fourth-order valence-corrected chi connectivity index (χ4v) is 3.12. The molecule has 1 saturated heterocycles. The Labute approximate surface area is 164 Å². The fraction of sp³-hybridized carbons (Fsp3) is 0.522. The first-order valence-corrected chi connectivity index (χ1v) is 10.3. The van der Waals surface area contributed by atoms with Gasteiger partial charge in [-0.15, -0.1) is 0 Å². The van der Waals surface area contributed by atoms with Gasteiger partial charge in [0.2, 0.25) is 0 Å². The fourth-order valence-electron chi connectivity index (χ4n) is 3.12. The standard InChI is InChI=1S/C15H23N3.C6H5F.C2H6/c1-12(2)17-7-9-18(10-8-17)15-6-5-14(11-16-15)13-3-4-13;7-6-4-2-1-3-5-6;1-2/h5-6,11-13H,3-4,7-10H2,1-2H3;1-5H;1-2H3. The number of anilines is 1. The first-order chi connectivity index (χ1) is 13.1. The predicted octanol–water partition coefficient (Wildman–Crippen LogP) is 5.34. The quantitative estimate of drug-likeness (QED) is 0.726. The van der Waals surface area contributed by atoms with Crippen molar-refractivity contribution in [2.75, 3.05) is 31.1 Å². The van der Waals surface area contributed by atoms with Gasteiger partial charge in [-0.25, -0.2) is 9.37 Å². The highest BCUT2D eigenvalue weighted by molar-refractivity contribution is 5.41. The second-order valence-corrected chi connectivity index (χ2v) is 7.14. The maximum absolute atomic E-state index is 11.9. The van der Waals surface area contributed by atoms with Gasteiger partial charge in [-0.3, -0.25) is 4.90 Å². The molecule has 2 fully saturated rings. The number of rotatable bonds is 3. The lowest BCUT2D eigenvalue weighted by Gasteiger charge is -2.37. The van der Waals surface area contributed by atoms with Crippen LogP contribution in [0.15, 0.2) is 48.7 Å². The van der Waals surface area contributed by atoms with E-state index in [0.717, 1.165) is 37.9 Å². The Kier molecular flexibility index (Phi) is 8.73. The van der Waals surface area contributed by atoms with Crippen molar-refractivity contribution in [3.63, 3.8) is 0 Å². The third kappa shape index (κ3) is 6.94. The summed E-state index contributed by atoms with van der Waals surface area (Å²) in [5.74, 6) is 1.79. The molecule has 1 aromatic carbocycles. The molecule has 0 atom stereocenters. The molecule has 4 rings (SSSR count). The summed E-state index contributed by atoms with van der Waals surface area (Å²) in [7, 11) is 0. The van der Waals surface area contributed by atoms with E-state index in [9.17, 15) is 4.39 Å². The molecule has 1 saturated carbocycles. The van der Waals surface area contributed by atoms with Gasteiger partial charge in [0, 0.05) is 38.4 Å². The summed E-state index contributed by atoms with van der Waals surface area (Å²) in [5, 5.41) is 0. The largest absolute Gasteiger partial charge is 0.354 e. The van der Waals surface area contributed by atoms with Gasteiger partial charge in [-0.1, -0.05) is 38.1 Å². The maximum Gasteiger partial charge on any atom is 0.128 e. The van der Waals surface area contributed by atoms with E-state index >= 15 is 0 Å². The van der Waals surface area contributed by atoms with E-state index in [2.05, 4.69) is 47.0 Å². The summed E-state index contributed by atoms with van der Waals surface area (Å²) in [6, 6.07) is 13.1. The Morgan fingerprint density at radius 2 is 1.56 bits per heavy atom. The second-order valence-electron chi connectivity index (χ2n) is 7.14. The Morgan fingerprint density at radius 1 is 0.926 bits per heavy atom. The van der Waals surface area contributed by atoms with Gasteiger partial charge in [0.25, 0.3) is 0 Å². The van der Waals surface area contributed by atoms with Gasteiger partial charge in [0.1, 0.15) is 11.6 Å². The lowest BCUT2D eigenvalue weighted by Crippen LogP contribution is -2.49. The van der Waals surface area contributed by atoms with Crippen LogP contribution in [0, 0.1) is 5.82 Å². The number of hydrogen-bond donors (Lipinski definition) is 0. The molecular formula is C23H34FN3. The topological polar surface area (TPSA) is 19.4 Å². The molecule has 2 heterocycles. The molecule has 0 bridgehead atoms. The smallest absolute Gasteiger partial charge is 0.128 e. The van der Waals surface area contributed by atoms with Gasteiger partial charge >= 0.3 is 0 Å². The summed E-state index contributed by atoms with van der Waals surface area (Å²) in [4.78, 5) is 9.59. The van der Waals surface area contributed by atoms with Crippen molar-refractivity contribution in [3.8, 4) is 0 Å². The molecule has 0 spiro atoms. The normalized spacial score (nSPS) is 16.9. The zero-order valence-corrected chi connectivity index (χ0v) is 17.2. The number of aromatic nitrogens is 1. The molecule has 0 unspecified atom stereocenters. The van der Waals surface area contributed by atoms with E-state index in [1.165, 1.54) is 30.5 Å². The first-order valence-electron chi connectivity index (χ1n) is 10.3. The van der Waals surface area contributed by atoms with Crippen molar-refractivity contribution in [2.24, 2.45) is 0 Å². The van der Waals surface area contributed by atoms with E-state index in [1.54, 1.807) is 18.2 Å². The van der Waals surface area contributed by atoms with Gasteiger partial charge in [0.05, 0.1) is 0 Å². The van der Waals surface area contributed by atoms with Crippen molar-refractivity contribution >= 4 is 5.82 Å². The molecule has 0 N–H and O–H groups in total. The average Bonchev–Trinajstić information content (AvgIpc) is 3.56. The number of hydrogen-bond acceptors (Lipinski definition) is 3. The predicted molar refractivity (Wildman–Crippen MR) is 113 cm³/mol. The third-order valence-electron chi connectivity index (χ3n) is 4.92. The van der Waals surface area contributed by atoms with Crippen LogP contribution in [0.1, 0.15) is 52.0 Å². The molecule has 27 heavy (non-hydrogen) atoms. The van der Waals surface area contributed by atoms with Crippen LogP contribution < -0.4 is 4.90 Å². The van der Waals surface area contributed by atoms with E-state index < -0.39 is 0 Å². The first kappa shape index (κ1) is 21.4. The molecule has 0 amide bonds. The Balaban J connectivity index is 0.000000244.